The predicted octanol–water partition coefficient (Wildman–Crippen LogP) is 1.55. The molecule has 21 heavy (non-hydrogen) atoms. The molecule has 1 aromatic rings. The van der Waals surface area contributed by atoms with E-state index in [2.05, 4.69) is 16.3 Å². The molecular weight excluding hydrogens is 290 g/mol. The number of nitrogens with two attached hydrogens (primary N) is 1. The van der Waals surface area contributed by atoms with Gasteiger partial charge in [0.05, 0.1) is 13.2 Å². The van der Waals surface area contributed by atoms with Crippen LogP contribution in [0.15, 0.2) is 24.3 Å². The molecule has 1 fully saturated rings. The number of amides is 1. The Hall–Kier alpha value is -1.46. The number of hydrogen-bond donors (Lipinski definition) is 2. The topological polar surface area (TPSA) is 67.6 Å². The van der Waals surface area contributed by atoms with Crippen LogP contribution in [0, 0.1) is 0 Å². The number of rotatable bonds is 4. The highest BCUT2D eigenvalue weighted by molar-refractivity contribution is 5.85. The summed E-state index contributed by atoms with van der Waals surface area (Å²) < 4.78 is 5.26. The predicted molar refractivity (Wildman–Crippen MR) is 87.3 cm³/mol. The molecular formula is C15H24ClN3O2. The minimum absolute atomic E-state index is 0. The Labute approximate surface area is 132 Å². The molecule has 0 aliphatic carbocycles. The fourth-order valence-corrected chi connectivity index (χ4v) is 2.47. The number of methoxy groups -OCH3 is 1. The first-order valence-corrected chi connectivity index (χ1v) is 7.05. The van der Waals surface area contributed by atoms with Gasteiger partial charge < -0.3 is 20.7 Å². The van der Waals surface area contributed by atoms with Crippen LogP contribution in [0.2, 0.25) is 0 Å². The van der Waals surface area contributed by atoms with Crippen molar-refractivity contribution in [3.8, 4) is 5.75 Å². The van der Waals surface area contributed by atoms with Gasteiger partial charge in [0.2, 0.25) is 5.91 Å². The first-order valence-electron chi connectivity index (χ1n) is 7.05. The summed E-state index contributed by atoms with van der Waals surface area (Å²) in [5, 5.41) is 3.01. The summed E-state index contributed by atoms with van der Waals surface area (Å²) in [6.07, 6.45) is 2.06. The van der Waals surface area contributed by atoms with Crippen LogP contribution >= 0.6 is 12.4 Å². The molecule has 0 aromatic heterocycles. The molecule has 3 N–H and O–H groups in total. The monoisotopic (exact) mass is 313 g/mol. The molecule has 118 valence electrons. The molecule has 1 heterocycles. The lowest BCUT2D eigenvalue weighted by Crippen LogP contribution is -2.51. The maximum Gasteiger partial charge on any atom is 0.236 e. The minimum atomic E-state index is -0.456. The van der Waals surface area contributed by atoms with E-state index in [1.165, 1.54) is 0 Å². The van der Waals surface area contributed by atoms with E-state index in [1.807, 2.05) is 18.2 Å². The third kappa shape index (κ3) is 4.79. The highest BCUT2D eigenvalue weighted by Gasteiger charge is 2.22. The average Bonchev–Trinajstić information content (AvgIpc) is 2.47. The smallest absolute Gasteiger partial charge is 0.236 e. The van der Waals surface area contributed by atoms with Gasteiger partial charge in [0.15, 0.2) is 0 Å². The third-order valence-electron chi connectivity index (χ3n) is 3.60. The van der Waals surface area contributed by atoms with Crippen molar-refractivity contribution in [2.24, 2.45) is 5.73 Å². The number of carbonyl (C=O) groups is 1. The van der Waals surface area contributed by atoms with Gasteiger partial charge >= 0.3 is 0 Å². The number of benzene rings is 1. The molecule has 6 heteroatoms. The molecule has 2 rings (SSSR count). The first-order chi connectivity index (χ1) is 9.60. The van der Waals surface area contributed by atoms with Gasteiger partial charge in [-0.3, -0.25) is 4.79 Å². The van der Waals surface area contributed by atoms with Gasteiger partial charge in [0.1, 0.15) is 5.75 Å². The second kappa shape index (κ2) is 8.10. The molecule has 1 aliphatic heterocycles. The number of hydrogen-bond acceptors (Lipinski definition) is 4. The SMILES string of the molecule is COc1cccc(N2CCCC(NC(=O)C(C)N)C2)c1.Cl. The number of ether oxygens (including phenoxy) is 1. The van der Waals surface area contributed by atoms with Crippen LogP contribution in [-0.4, -0.2) is 38.2 Å². The standard InChI is InChI=1S/C15H23N3O2.ClH/c1-11(16)15(19)17-12-5-4-8-18(10-12)13-6-3-7-14(9-13)20-2;/h3,6-7,9,11-12H,4-5,8,10,16H2,1-2H3,(H,17,19);1H. The van der Waals surface area contributed by atoms with Gasteiger partial charge in [-0.05, 0) is 31.9 Å². The molecule has 0 radical (unpaired) electrons. The number of halogens is 1. The van der Waals surface area contributed by atoms with Crippen LogP contribution < -0.4 is 20.7 Å². The number of carbonyl (C=O) groups excluding carboxylic acids is 1. The number of nitrogens with one attached hydrogen (secondary N) is 1. The quantitative estimate of drug-likeness (QED) is 0.885. The molecule has 2 unspecified atom stereocenters. The molecule has 0 bridgehead atoms. The highest BCUT2D eigenvalue weighted by atomic mass is 35.5. The van der Waals surface area contributed by atoms with Crippen molar-refractivity contribution in [1.29, 1.82) is 0 Å². The van der Waals surface area contributed by atoms with E-state index in [1.54, 1.807) is 14.0 Å². The zero-order valence-corrected chi connectivity index (χ0v) is 13.4. The van der Waals surface area contributed by atoms with Gasteiger partial charge in [0.25, 0.3) is 0 Å². The summed E-state index contributed by atoms with van der Waals surface area (Å²) in [5.41, 5.74) is 6.72. The van der Waals surface area contributed by atoms with Gasteiger partial charge in [-0.1, -0.05) is 6.07 Å². The summed E-state index contributed by atoms with van der Waals surface area (Å²) >= 11 is 0. The van der Waals surface area contributed by atoms with Crippen molar-refractivity contribution in [2.45, 2.75) is 31.8 Å². The van der Waals surface area contributed by atoms with Gasteiger partial charge in [-0.15, -0.1) is 12.4 Å². The Balaban J connectivity index is 0.00000220. The molecule has 1 amide bonds. The van der Waals surface area contributed by atoms with Crippen LogP contribution in [0.4, 0.5) is 5.69 Å². The Bertz CT molecular complexity index is 468. The lowest BCUT2D eigenvalue weighted by molar-refractivity contribution is -0.122. The van der Waals surface area contributed by atoms with E-state index in [-0.39, 0.29) is 24.4 Å². The van der Waals surface area contributed by atoms with Crippen molar-refractivity contribution >= 4 is 24.0 Å². The lowest BCUT2D eigenvalue weighted by atomic mass is 10.0. The zero-order valence-electron chi connectivity index (χ0n) is 12.5. The second-order valence-corrected chi connectivity index (χ2v) is 5.28. The summed E-state index contributed by atoms with van der Waals surface area (Å²) in [7, 11) is 1.67. The molecule has 1 aromatic carbocycles. The lowest BCUT2D eigenvalue weighted by Gasteiger charge is -2.35. The summed E-state index contributed by atoms with van der Waals surface area (Å²) in [6.45, 7) is 3.52. The second-order valence-electron chi connectivity index (χ2n) is 5.28. The van der Waals surface area contributed by atoms with Crippen LogP contribution in [0.3, 0.4) is 0 Å². The molecule has 5 nitrogen and oxygen atoms in total. The molecule has 2 atom stereocenters. The number of piperidine rings is 1. The van der Waals surface area contributed by atoms with Crippen molar-refractivity contribution in [3.05, 3.63) is 24.3 Å². The number of nitrogens with zero attached hydrogens (tertiary/aromatic N) is 1. The van der Waals surface area contributed by atoms with Crippen LogP contribution in [0.25, 0.3) is 0 Å². The molecule has 0 saturated carbocycles. The van der Waals surface area contributed by atoms with Crippen molar-refractivity contribution in [3.63, 3.8) is 0 Å². The average molecular weight is 314 g/mol. The van der Waals surface area contributed by atoms with Gasteiger partial charge in [-0.2, -0.15) is 0 Å². The maximum absolute atomic E-state index is 11.7. The minimum Gasteiger partial charge on any atom is -0.497 e. The molecule has 0 spiro atoms. The van der Waals surface area contributed by atoms with Crippen molar-refractivity contribution < 1.29 is 9.53 Å². The van der Waals surface area contributed by atoms with E-state index in [9.17, 15) is 4.79 Å². The Morgan fingerprint density at radius 2 is 2.29 bits per heavy atom. The van der Waals surface area contributed by atoms with Crippen LogP contribution in [-0.2, 0) is 4.79 Å². The fraction of sp³-hybridized carbons (Fsp3) is 0.533. The highest BCUT2D eigenvalue weighted by Crippen LogP contribution is 2.24. The maximum atomic E-state index is 11.7. The van der Waals surface area contributed by atoms with E-state index in [4.69, 9.17) is 10.5 Å². The zero-order chi connectivity index (χ0) is 14.5. The summed E-state index contributed by atoms with van der Waals surface area (Å²) in [6, 6.07) is 7.71. The Kier molecular flexibility index (Phi) is 6.78. The fourth-order valence-electron chi connectivity index (χ4n) is 2.47. The number of anilines is 1. The summed E-state index contributed by atoms with van der Waals surface area (Å²) in [4.78, 5) is 14.0. The van der Waals surface area contributed by atoms with E-state index in [0.29, 0.717) is 0 Å². The third-order valence-corrected chi connectivity index (χ3v) is 3.60. The largest absolute Gasteiger partial charge is 0.497 e. The van der Waals surface area contributed by atoms with Crippen LogP contribution in [0.1, 0.15) is 19.8 Å². The van der Waals surface area contributed by atoms with Crippen molar-refractivity contribution in [1.82, 2.24) is 5.32 Å². The van der Waals surface area contributed by atoms with Gasteiger partial charge in [-0.25, -0.2) is 0 Å². The Morgan fingerprint density at radius 1 is 1.52 bits per heavy atom. The van der Waals surface area contributed by atoms with E-state index in [0.717, 1.165) is 37.4 Å². The molecule has 1 saturated heterocycles. The molecule has 1 aliphatic rings. The van der Waals surface area contributed by atoms with E-state index >= 15 is 0 Å². The first kappa shape index (κ1) is 17.6. The summed E-state index contributed by atoms with van der Waals surface area (Å²) in [5.74, 6) is 0.770. The normalized spacial score (nSPS) is 19.4. The van der Waals surface area contributed by atoms with Crippen molar-refractivity contribution in [2.75, 3.05) is 25.1 Å². The van der Waals surface area contributed by atoms with Gasteiger partial charge in [0, 0.05) is 30.9 Å². The van der Waals surface area contributed by atoms with Crippen LogP contribution in [0.5, 0.6) is 5.75 Å². The Morgan fingerprint density at radius 3 is 2.95 bits per heavy atom. The van der Waals surface area contributed by atoms with E-state index < -0.39 is 6.04 Å².